The minimum Gasteiger partial charge on any atom is -0.365 e. The van der Waals surface area contributed by atoms with E-state index in [0.717, 1.165) is 29.2 Å². The van der Waals surface area contributed by atoms with Gasteiger partial charge in [-0.2, -0.15) is 0 Å². The Morgan fingerprint density at radius 3 is 3.00 bits per heavy atom. The van der Waals surface area contributed by atoms with Gasteiger partial charge in [0.05, 0.1) is 17.5 Å². The highest BCUT2D eigenvalue weighted by atomic mass is 19.1. The average molecular weight is 353 g/mol. The summed E-state index contributed by atoms with van der Waals surface area (Å²) in [7, 11) is 1.98. The molecule has 26 heavy (non-hydrogen) atoms. The molecular weight excluding hydrogens is 329 g/mol. The van der Waals surface area contributed by atoms with E-state index in [1.807, 2.05) is 36.9 Å². The molecule has 0 aromatic carbocycles. The SMILES string of the molecule is Cn1ccc2c1=C(NC1C=CC(F)=CC1(C)OC1CCCC1)N=CC=C=2. The fraction of sp³-hybridized carbons (Fsp3) is 0.429. The normalized spacial score (nSPS) is 27.9. The summed E-state index contributed by atoms with van der Waals surface area (Å²) in [5.74, 6) is 0.479. The Morgan fingerprint density at radius 1 is 1.38 bits per heavy atom. The van der Waals surface area contributed by atoms with Gasteiger partial charge in [-0.15, -0.1) is 5.73 Å². The van der Waals surface area contributed by atoms with Crippen LogP contribution in [0.4, 0.5) is 4.39 Å². The third-order valence-electron chi connectivity index (χ3n) is 5.32. The fourth-order valence-electron chi connectivity index (χ4n) is 3.95. The van der Waals surface area contributed by atoms with Crippen molar-refractivity contribution >= 4 is 17.8 Å². The number of nitrogens with zero attached hydrogens (tertiary/aromatic N) is 2. The number of halogens is 1. The monoisotopic (exact) mass is 353 g/mol. The Morgan fingerprint density at radius 2 is 2.19 bits per heavy atom. The highest BCUT2D eigenvalue weighted by Crippen LogP contribution is 2.32. The molecule has 0 bridgehead atoms. The molecule has 3 aliphatic rings. The predicted molar refractivity (Wildman–Crippen MR) is 102 cm³/mol. The van der Waals surface area contributed by atoms with Gasteiger partial charge in [0.1, 0.15) is 11.4 Å². The number of aromatic nitrogens is 1. The van der Waals surface area contributed by atoms with E-state index < -0.39 is 5.60 Å². The van der Waals surface area contributed by atoms with Gasteiger partial charge in [0.2, 0.25) is 0 Å². The van der Waals surface area contributed by atoms with Crippen molar-refractivity contribution in [3.05, 3.63) is 53.0 Å². The molecule has 4 rings (SSSR count). The summed E-state index contributed by atoms with van der Waals surface area (Å²) >= 11 is 0. The second kappa shape index (κ2) is 6.75. The van der Waals surface area contributed by atoms with Crippen LogP contribution in [0, 0.1) is 0 Å². The van der Waals surface area contributed by atoms with Crippen LogP contribution in [0.1, 0.15) is 32.6 Å². The minimum absolute atomic E-state index is 0.183. The van der Waals surface area contributed by atoms with Gasteiger partial charge in [0.25, 0.3) is 0 Å². The van der Waals surface area contributed by atoms with E-state index in [2.05, 4.69) is 16.0 Å². The van der Waals surface area contributed by atoms with Crippen molar-refractivity contribution in [2.75, 3.05) is 0 Å². The summed E-state index contributed by atoms with van der Waals surface area (Å²) < 4.78 is 22.4. The molecule has 1 saturated carbocycles. The maximum atomic E-state index is 14.0. The summed E-state index contributed by atoms with van der Waals surface area (Å²) in [5.41, 5.74) is 2.46. The maximum Gasteiger partial charge on any atom is 0.151 e. The Balaban J connectivity index is 1.70. The quantitative estimate of drug-likeness (QED) is 0.901. The molecule has 0 radical (unpaired) electrons. The van der Waals surface area contributed by atoms with Gasteiger partial charge in [-0.25, -0.2) is 9.38 Å². The number of nitrogens with one attached hydrogen (secondary N) is 1. The van der Waals surface area contributed by atoms with E-state index in [1.54, 1.807) is 18.4 Å². The Kier molecular flexibility index (Phi) is 4.43. The average Bonchev–Trinajstić information content (AvgIpc) is 3.17. The van der Waals surface area contributed by atoms with Gasteiger partial charge < -0.3 is 14.6 Å². The number of aryl methyl sites for hydroxylation is 1. The third kappa shape index (κ3) is 3.20. The van der Waals surface area contributed by atoms with Crippen LogP contribution in [0.5, 0.6) is 0 Å². The number of hydrogen-bond acceptors (Lipinski definition) is 3. The number of allylic oxidation sites excluding steroid dienone is 3. The van der Waals surface area contributed by atoms with E-state index >= 15 is 0 Å². The van der Waals surface area contributed by atoms with Crippen LogP contribution in [0.15, 0.2) is 47.4 Å². The molecule has 1 aromatic rings. The zero-order valence-corrected chi connectivity index (χ0v) is 15.2. The van der Waals surface area contributed by atoms with Gasteiger partial charge in [-0.3, -0.25) is 0 Å². The van der Waals surface area contributed by atoms with Crippen LogP contribution in [0.2, 0.25) is 0 Å². The van der Waals surface area contributed by atoms with E-state index in [4.69, 9.17) is 4.74 Å². The minimum atomic E-state index is -0.759. The van der Waals surface area contributed by atoms with Crippen molar-refractivity contribution in [2.24, 2.45) is 12.0 Å². The highest BCUT2D eigenvalue weighted by Gasteiger charge is 2.38. The first-order valence-corrected chi connectivity index (χ1v) is 9.21. The molecule has 0 amide bonds. The van der Waals surface area contributed by atoms with Crippen molar-refractivity contribution in [3.8, 4) is 0 Å². The van der Waals surface area contributed by atoms with Crippen molar-refractivity contribution in [1.82, 2.24) is 9.88 Å². The van der Waals surface area contributed by atoms with Gasteiger partial charge in [-0.05, 0) is 44.1 Å². The lowest BCUT2D eigenvalue weighted by Gasteiger charge is -2.38. The number of rotatable bonds is 4. The third-order valence-corrected chi connectivity index (χ3v) is 5.32. The Labute approximate surface area is 152 Å². The largest absolute Gasteiger partial charge is 0.365 e. The summed E-state index contributed by atoms with van der Waals surface area (Å²) in [4.78, 5) is 4.55. The van der Waals surface area contributed by atoms with Gasteiger partial charge in [0, 0.05) is 24.7 Å². The molecule has 2 aliphatic carbocycles. The molecule has 2 heterocycles. The lowest BCUT2D eigenvalue weighted by molar-refractivity contribution is -0.0606. The molecule has 0 spiro atoms. The van der Waals surface area contributed by atoms with Crippen molar-refractivity contribution in [2.45, 2.75) is 50.4 Å². The number of ether oxygens (including phenoxy) is 1. The van der Waals surface area contributed by atoms with Crippen LogP contribution in [-0.4, -0.2) is 28.5 Å². The Hall–Kier alpha value is -2.36. The molecule has 2 unspecified atom stereocenters. The van der Waals surface area contributed by atoms with Crippen molar-refractivity contribution in [1.29, 1.82) is 0 Å². The maximum absolute atomic E-state index is 14.0. The van der Waals surface area contributed by atoms with Crippen molar-refractivity contribution in [3.63, 3.8) is 0 Å². The molecule has 2 atom stereocenters. The molecule has 0 saturated heterocycles. The fourth-order valence-corrected chi connectivity index (χ4v) is 3.95. The summed E-state index contributed by atoms with van der Waals surface area (Å²) in [6.07, 6.45) is 15.0. The molecule has 136 valence electrons. The first-order chi connectivity index (χ1) is 12.5. The smallest absolute Gasteiger partial charge is 0.151 e. The van der Waals surface area contributed by atoms with E-state index in [9.17, 15) is 4.39 Å². The van der Waals surface area contributed by atoms with E-state index in [1.165, 1.54) is 18.9 Å². The predicted octanol–water partition coefficient (Wildman–Crippen LogP) is 2.21. The second-order valence-corrected chi connectivity index (χ2v) is 7.35. The van der Waals surface area contributed by atoms with Crippen LogP contribution < -0.4 is 15.9 Å². The first-order valence-electron chi connectivity index (χ1n) is 9.21. The molecule has 1 fully saturated rings. The molecule has 1 aromatic heterocycles. The van der Waals surface area contributed by atoms with Crippen LogP contribution in [0.25, 0.3) is 11.6 Å². The van der Waals surface area contributed by atoms with Crippen molar-refractivity contribution < 1.29 is 9.13 Å². The summed E-state index contributed by atoms with van der Waals surface area (Å²) in [6, 6.07) is 1.79. The van der Waals surface area contributed by atoms with Crippen LogP contribution in [0.3, 0.4) is 0 Å². The second-order valence-electron chi connectivity index (χ2n) is 7.35. The van der Waals surface area contributed by atoms with Gasteiger partial charge in [-0.1, -0.05) is 18.9 Å². The molecule has 4 nitrogen and oxygen atoms in total. The van der Waals surface area contributed by atoms with Gasteiger partial charge in [0.15, 0.2) is 5.82 Å². The molecule has 1 aliphatic heterocycles. The first kappa shape index (κ1) is 17.1. The lowest BCUT2D eigenvalue weighted by Crippen LogP contribution is -2.51. The Bertz CT molecular complexity index is 942. The summed E-state index contributed by atoms with van der Waals surface area (Å²) in [6.45, 7) is 1.95. The van der Waals surface area contributed by atoms with E-state index in [-0.39, 0.29) is 18.0 Å². The highest BCUT2D eigenvalue weighted by molar-refractivity contribution is 5.79. The zero-order chi connectivity index (χ0) is 18.1. The van der Waals surface area contributed by atoms with Crippen LogP contribution >= 0.6 is 0 Å². The zero-order valence-electron chi connectivity index (χ0n) is 15.2. The number of hydrogen-bond donors (Lipinski definition) is 1. The molecule has 1 N–H and O–H groups in total. The molecule has 5 heteroatoms. The standard InChI is InChI=1S/C21H24FN3O/c1-21(26-17-7-3-4-8-17)14-16(22)9-10-18(21)24-20-19-15(6-5-12-23-20)11-13-25(19)2/h5,9-14,17-18,24H,3-4,7-8H2,1-2H3. The lowest BCUT2D eigenvalue weighted by atomic mass is 9.90. The van der Waals surface area contributed by atoms with Gasteiger partial charge >= 0.3 is 0 Å². The number of fused-ring (bicyclic) bond motifs is 1. The number of aliphatic imine (C=N–C) groups is 1. The van der Waals surface area contributed by atoms with Crippen LogP contribution in [-0.2, 0) is 11.8 Å². The summed E-state index contributed by atoms with van der Waals surface area (Å²) in [5, 5.41) is 5.42. The topological polar surface area (TPSA) is 38.5 Å². The molecular formula is C21H24FN3O. The van der Waals surface area contributed by atoms with E-state index in [0.29, 0.717) is 0 Å².